The van der Waals surface area contributed by atoms with Crippen LogP contribution in [0.5, 0.6) is 0 Å². The minimum atomic E-state index is -2.77. The quantitative estimate of drug-likeness (QED) is 0.434. The maximum atomic E-state index is 9.80. The maximum absolute atomic E-state index is 9.80. The normalized spacial score (nSPS) is 3.60. The number of halogens is 2. The molecule has 0 unspecified atom stereocenters. The average molecular weight is 193 g/mol. The van der Waals surface area contributed by atoms with E-state index in [1.54, 1.807) is 0 Å². The summed E-state index contributed by atoms with van der Waals surface area (Å²) in [4.78, 5) is 0. The van der Waals surface area contributed by atoms with Gasteiger partial charge in [0, 0.05) is 0 Å². The molecule has 34 valence electrons. The Labute approximate surface area is 39.6 Å². The molecule has 0 aliphatic carbocycles. The van der Waals surface area contributed by atoms with Gasteiger partial charge in [-0.1, -0.05) is 0 Å². The fourth-order valence-electron chi connectivity index (χ4n) is 0. The molecule has 0 bridgehead atoms. The molecule has 0 saturated heterocycles. The molecule has 0 atom stereocenters. The zero-order valence-electron chi connectivity index (χ0n) is 2.26. The second-order valence-electron chi connectivity index (χ2n) is 0.0714. The van der Waals surface area contributed by atoms with Crippen LogP contribution in [0.1, 0.15) is 0 Å². The molecule has 2 nitrogen and oxygen atoms in total. The average Bonchev–Trinajstić information content (AvgIpc) is 0.918. The molecule has 0 aromatic carbocycles. The number of rotatable bonds is 0. The van der Waals surface area contributed by atoms with Crippen LogP contribution in [0.4, 0.5) is 5.73 Å². The van der Waals surface area contributed by atoms with E-state index in [2.05, 4.69) is 0 Å². The van der Waals surface area contributed by atoms with Crippen molar-refractivity contribution in [3.8, 4) is 0 Å². The monoisotopic (exact) mass is 194 g/mol. The van der Waals surface area contributed by atoms with E-state index in [4.69, 9.17) is 0 Å². The summed E-state index contributed by atoms with van der Waals surface area (Å²) in [7, 11) is 0. The third-order valence-corrected chi connectivity index (χ3v) is 0. The Morgan fingerprint density at radius 3 is 1.00 bits per heavy atom. The third-order valence-electron chi connectivity index (χ3n) is 0. The fraction of sp³-hybridized carbons (Fsp3) is 0. The molecular formula is H4F2O2Sn. The van der Waals surface area contributed by atoms with E-state index in [0.717, 1.165) is 0 Å². The molecule has 0 aliphatic rings. The Hall–Kier alpha value is 0.579. The van der Waals surface area contributed by atoms with Gasteiger partial charge in [0.1, 0.15) is 0 Å². The second kappa shape index (κ2) is 23.5. The van der Waals surface area contributed by atoms with Crippen molar-refractivity contribution >= 4 is 22.3 Å². The van der Waals surface area contributed by atoms with Gasteiger partial charge in [-0.2, -0.15) is 0 Å². The zero-order valence-corrected chi connectivity index (χ0v) is 5.11. The van der Waals surface area contributed by atoms with Crippen molar-refractivity contribution in [2.45, 2.75) is 0 Å². The Morgan fingerprint density at radius 1 is 1.00 bits per heavy atom. The number of hydrogen-bond donors (Lipinski definition) is 0. The van der Waals surface area contributed by atoms with E-state index in [1.807, 2.05) is 0 Å². The Kier molecular flexibility index (Phi) is 82.8. The molecule has 5 heteroatoms. The van der Waals surface area contributed by atoms with Crippen LogP contribution in [-0.4, -0.2) is 33.2 Å². The summed E-state index contributed by atoms with van der Waals surface area (Å²) in [5.74, 6) is 0. The van der Waals surface area contributed by atoms with Crippen LogP contribution in [0.3, 0.4) is 0 Å². The van der Waals surface area contributed by atoms with Crippen LogP contribution in [0.2, 0.25) is 0 Å². The fourth-order valence-corrected chi connectivity index (χ4v) is 0. The van der Waals surface area contributed by atoms with Gasteiger partial charge in [0.2, 0.25) is 0 Å². The van der Waals surface area contributed by atoms with E-state index in [-0.39, 0.29) is 11.0 Å². The van der Waals surface area contributed by atoms with Crippen molar-refractivity contribution in [1.82, 2.24) is 0 Å². The predicted molar refractivity (Wildman–Crippen MR) is 15.2 cm³/mol. The van der Waals surface area contributed by atoms with Crippen molar-refractivity contribution in [2.75, 3.05) is 0 Å². The van der Waals surface area contributed by atoms with Crippen molar-refractivity contribution in [1.29, 1.82) is 0 Å². The van der Waals surface area contributed by atoms with Crippen molar-refractivity contribution < 1.29 is 16.7 Å². The first-order valence-corrected chi connectivity index (χ1v) is 2.54. The molecule has 0 amide bonds. The van der Waals surface area contributed by atoms with Crippen LogP contribution in [0.25, 0.3) is 0 Å². The molecule has 0 fully saturated rings. The molecule has 2 radical (unpaired) electrons. The molecule has 0 aromatic heterocycles. The molecule has 0 heterocycles. The molecule has 0 spiro atoms. The minimum absolute atomic E-state index is 0. The van der Waals surface area contributed by atoms with E-state index in [9.17, 15) is 5.73 Å². The van der Waals surface area contributed by atoms with Gasteiger partial charge < -0.3 is 11.0 Å². The first-order valence-electron chi connectivity index (χ1n) is 0.378. The van der Waals surface area contributed by atoms with Crippen LogP contribution in [-0.2, 0) is 0 Å². The molecule has 0 aliphatic heterocycles. The van der Waals surface area contributed by atoms with Crippen molar-refractivity contribution in [2.24, 2.45) is 0 Å². The van der Waals surface area contributed by atoms with E-state index < -0.39 is 22.3 Å². The summed E-state index contributed by atoms with van der Waals surface area (Å²) in [6.07, 6.45) is 0. The Morgan fingerprint density at radius 2 is 1.00 bits per heavy atom. The first-order chi connectivity index (χ1) is 1.41. The molecule has 0 aromatic rings. The van der Waals surface area contributed by atoms with Gasteiger partial charge in [-0.3, -0.25) is 0 Å². The van der Waals surface area contributed by atoms with Gasteiger partial charge in [0.25, 0.3) is 0 Å². The Balaban J connectivity index is -0.0000000200. The molecule has 5 heavy (non-hydrogen) atoms. The van der Waals surface area contributed by atoms with Gasteiger partial charge in [-0.15, -0.1) is 0 Å². The summed E-state index contributed by atoms with van der Waals surface area (Å²) >= 11 is -2.77. The topological polar surface area (TPSA) is 63.0 Å². The van der Waals surface area contributed by atoms with Crippen molar-refractivity contribution in [3.05, 3.63) is 0 Å². The summed E-state index contributed by atoms with van der Waals surface area (Å²) in [6, 6.07) is 0. The summed E-state index contributed by atoms with van der Waals surface area (Å²) in [6.45, 7) is 0. The standard InChI is InChI=1S/2FH.2H2O.Sn/h2*1H;2*1H2;/q;;;;+2/p-2. The van der Waals surface area contributed by atoms with Crippen LogP contribution < -0.4 is 0 Å². The van der Waals surface area contributed by atoms with Gasteiger partial charge in [-0.05, 0) is 0 Å². The molecule has 0 saturated carbocycles. The van der Waals surface area contributed by atoms with E-state index in [0.29, 0.717) is 0 Å². The van der Waals surface area contributed by atoms with E-state index >= 15 is 0 Å². The van der Waals surface area contributed by atoms with E-state index in [1.165, 1.54) is 0 Å². The molecule has 4 N–H and O–H groups in total. The predicted octanol–water partition coefficient (Wildman–Crippen LogP) is -1.19. The third kappa shape index (κ3) is 90.9. The molecule has 0 rings (SSSR count). The van der Waals surface area contributed by atoms with Crippen molar-refractivity contribution in [3.63, 3.8) is 0 Å². The van der Waals surface area contributed by atoms with Gasteiger partial charge in [-0.25, -0.2) is 0 Å². The summed E-state index contributed by atoms with van der Waals surface area (Å²) in [5, 5.41) is 0. The van der Waals surface area contributed by atoms with Crippen LogP contribution in [0, 0.1) is 0 Å². The van der Waals surface area contributed by atoms with Crippen LogP contribution >= 0.6 is 0 Å². The zero-order chi connectivity index (χ0) is 2.71. The first kappa shape index (κ1) is 17.6. The number of hydrogen-bond acceptors (Lipinski definition) is 0. The van der Waals surface area contributed by atoms with Crippen LogP contribution in [0.15, 0.2) is 0 Å². The van der Waals surface area contributed by atoms with Gasteiger partial charge in [0.05, 0.1) is 0 Å². The SMILES string of the molecule is O.O.[F][Sn][F]. The van der Waals surface area contributed by atoms with Gasteiger partial charge in [0.15, 0.2) is 0 Å². The summed E-state index contributed by atoms with van der Waals surface area (Å²) < 4.78 is 19.6. The second-order valence-corrected chi connectivity index (χ2v) is 0.479. The van der Waals surface area contributed by atoms with Gasteiger partial charge >= 0.3 is 28.0 Å². The summed E-state index contributed by atoms with van der Waals surface area (Å²) in [5.41, 5.74) is 0. The Bertz CT molecular complexity index is 7.61. The molecular weight excluding hydrogens is 189 g/mol.